The molecule has 2 aliphatic rings. The van der Waals surface area contributed by atoms with Crippen molar-refractivity contribution in [2.45, 2.75) is 51.1 Å². The molecular formula is C15H31N3. The fraction of sp³-hybridized carbons (Fsp3) is 1.00. The molecule has 0 amide bonds. The van der Waals surface area contributed by atoms with E-state index in [1.807, 2.05) is 0 Å². The largest absolute Gasteiger partial charge is 0.316 e. The first-order chi connectivity index (χ1) is 8.72. The highest BCUT2D eigenvalue weighted by Crippen LogP contribution is 2.33. The lowest BCUT2D eigenvalue weighted by atomic mass is 9.77. The summed E-state index contributed by atoms with van der Waals surface area (Å²) in [5.74, 6) is 0.924. The van der Waals surface area contributed by atoms with Crippen LogP contribution in [0.5, 0.6) is 0 Å². The van der Waals surface area contributed by atoms with E-state index in [9.17, 15) is 0 Å². The van der Waals surface area contributed by atoms with Gasteiger partial charge in [-0.2, -0.15) is 0 Å². The van der Waals surface area contributed by atoms with Gasteiger partial charge >= 0.3 is 0 Å². The molecule has 1 saturated heterocycles. The summed E-state index contributed by atoms with van der Waals surface area (Å²) < 4.78 is 0. The van der Waals surface area contributed by atoms with E-state index in [-0.39, 0.29) is 0 Å². The highest BCUT2D eigenvalue weighted by Gasteiger charge is 2.36. The maximum Gasteiger partial charge on any atom is 0.0136 e. The van der Waals surface area contributed by atoms with Crippen LogP contribution in [0.1, 0.15) is 39.0 Å². The molecule has 1 aliphatic heterocycles. The number of hydrogen-bond donors (Lipinski definition) is 1. The molecule has 0 spiro atoms. The van der Waals surface area contributed by atoms with Gasteiger partial charge in [0.05, 0.1) is 0 Å². The first-order valence-corrected chi connectivity index (χ1v) is 7.83. The number of piperidine rings is 1. The zero-order valence-corrected chi connectivity index (χ0v) is 12.5. The molecule has 2 atom stereocenters. The molecule has 1 saturated carbocycles. The Bertz CT molecular complexity index is 234. The van der Waals surface area contributed by atoms with Crippen molar-refractivity contribution in [3.05, 3.63) is 0 Å². The van der Waals surface area contributed by atoms with Gasteiger partial charge in [0, 0.05) is 12.1 Å². The van der Waals surface area contributed by atoms with Gasteiger partial charge in [0.15, 0.2) is 0 Å². The van der Waals surface area contributed by atoms with E-state index in [1.54, 1.807) is 0 Å². The third-order valence-electron chi connectivity index (χ3n) is 4.91. The minimum absolute atomic E-state index is 0.818. The lowest BCUT2D eigenvalue weighted by Crippen LogP contribution is -2.54. The summed E-state index contributed by atoms with van der Waals surface area (Å²) in [6, 6.07) is 1.70. The van der Waals surface area contributed by atoms with Gasteiger partial charge in [-0.15, -0.1) is 0 Å². The standard InChI is InChI=1S/C15H31N3/c1-4-9-16-12-13-5-6-15(13)18-10-7-14(8-11-18)17(2)3/h13-16H,4-12H2,1-3H3. The Morgan fingerprint density at radius 1 is 1.11 bits per heavy atom. The van der Waals surface area contributed by atoms with E-state index in [0.29, 0.717) is 0 Å². The number of likely N-dealkylation sites (tertiary alicyclic amines) is 1. The molecule has 0 bridgehead atoms. The van der Waals surface area contributed by atoms with Crippen LogP contribution in [0.25, 0.3) is 0 Å². The zero-order chi connectivity index (χ0) is 13.0. The van der Waals surface area contributed by atoms with Crippen LogP contribution < -0.4 is 5.32 Å². The molecule has 2 fully saturated rings. The Balaban J connectivity index is 1.69. The molecule has 2 rings (SSSR count). The summed E-state index contributed by atoms with van der Waals surface area (Å²) in [5.41, 5.74) is 0. The van der Waals surface area contributed by atoms with Crippen molar-refractivity contribution in [3.63, 3.8) is 0 Å². The van der Waals surface area contributed by atoms with Crippen LogP contribution in [0, 0.1) is 5.92 Å². The Morgan fingerprint density at radius 3 is 2.33 bits per heavy atom. The normalized spacial score (nSPS) is 30.7. The SMILES string of the molecule is CCCNCC1CCC1N1CCC(N(C)C)CC1. The first kappa shape index (κ1) is 14.3. The van der Waals surface area contributed by atoms with E-state index in [2.05, 4.69) is 36.1 Å². The van der Waals surface area contributed by atoms with Crippen molar-refractivity contribution in [2.75, 3.05) is 40.3 Å². The summed E-state index contributed by atoms with van der Waals surface area (Å²) in [6.45, 7) is 7.31. The molecule has 0 aromatic rings. The molecule has 106 valence electrons. The molecule has 1 aliphatic carbocycles. The van der Waals surface area contributed by atoms with E-state index in [1.165, 1.54) is 58.3 Å². The van der Waals surface area contributed by atoms with E-state index >= 15 is 0 Å². The van der Waals surface area contributed by atoms with Gasteiger partial charge < -0.3 is 10.2 Å². The summed E-state index contributed by atoms with van der Waals surface area (Å²) in [4.78, 5) is 5.17. The Kier molecular flexibility index (Phi) is 5.46. The second-order valence-corrected chi connectivity index (χ2v) is 6.34. The molecule has 18 heavy (non-hydrogen) atoms. The molecule has 3 heteroatoms. The van der Waals surface area contributed by atoms with Crippen molar-refractivity contribution in [1.82, 2.24) is 15.1 Å². The van der Waals surface area contributed by atoms with Crippen LogP contribution in [0.4, 0.5) is 0 Å². The summed E-state index contributed by atoms with van der Waals surface area (Å²) in [6.07, 6.45) is 6.85. The van der Waals surface area contributed by atoms with E-state index in [4.69, 9.17) is 0 Å². The van der Waals surface area contributed by atoms with Crippen LogP contribution >= 0.6 is 0 Å². The Labute approximate surface area is 113 Å². The van der Waals surface area contributed by atoms with Crippen molar-refractivity contribution in [3.8, 4) is 0 Å². The third kappa shape index (κ3) is 3.46. The first-order valence-electron chi connectivity index (χ1n) is 7.83. The van der Waals surface area contributed by atoms with Crippen molar-refractivity contribution in [1.29, 1.82) is 0 Å². The summed E-state index contributed by atoms with van der Waals surface area (Å²) in [5, 5.41) is 3.60. The number of nitrogens with zero attached hydrogens (tertiary/aromatic N) is 2. The van der Waals surface area contributed by atoms with Crippen LogP contribution in [-0.4, -0.2) is 62.2 Å². The maximum absolute atomic E-state index is 3.60. The van der Waals surface area contributed by atoms with Crippen LogP contribution in [0.2, 0.25) is 0 Å². The molecule has 0 radical (unpaired) electrons. The molecule has 1 heterocycles. The topological polar surface area (TPSA) is 18.5 Å². The molecule has 0 aromatic heterocycles. The zero-order valence-electron chi connectivity index (χ0n) is 12.5. The lowest BCUT2D eigenvalue weighted by molar-refractivity contribution is 0.0280. The molecule has 0 aromatic carbocycles. The number of hydrogen-bond acceptors (Lipinski definition) is 3. The Hall–Kier alpha value is -0.120. The maximum atomic E-state index is 3.60. The third-order valence-corrected chi connectivity index (χ3v) is 4.91. The van der Waals surface area contributed by atoms with Gasteiger partial charge in [0.2, 0.25) is 0 Å². The number of rotatable bonds is 6. The van der Waals surface area contributed by atoms with Gasteiger partial charge in [-0.05, 0) is 78.3 Å². The van der Waals surface area contributed by atoms with E-state index < -0.39 is 0 Å². The number of nitrogens with one attached hydrogen (secondary N) is 1. The molecular weight excluding hydrogens is 222 g/mol. The second kappa shape index (κ2) is 6.88. The average Bonchev–Trinajstić information content (AvgIpc) is 2.34. The van der Waals surface area contributed by atoms with Gasteiger partial charge in [-0.3, -0.25) is 4.90 Å². The monoisotopic (exact) mass is 253 g/mol. The summed E-state index contributed by atoms with van der Waals surface area (Å²) in [7, 11) is 4.45. The van der Waals surface area contributed by atoms with Crippen molar-refractivity contribution < 1.29 is 0 Å². The van der Waals surface area contributed by atoms with E-state index in [0.717, 1.165) is 18.0 Å². The summed E-state index contributed by atoms with van der Waals surface area (Å²) >= 11 is 0. The van der Waals surface area contributed by atoms with Gasteiger partial charge in [0.25, 0.3) is 0 Å². The lowest BCUT2D eigenvalue weighted by Gasteiger charge is -2.48. The van der Waals surface area contributed by atoms with Gasteiger partial charge in [0.1, 0.15) is 0 Å². The van der Waals surface area contributed by atoms with Crippen molar-refractivity contribution in [2.24, 2.45) is 5.92 Å². The molecule has 3 nitrogen and oxygen atoms in total. The quantitative estimate of drug-likeness (QED) is 0.728. The average molecular weight is 253 g/mol. The Morgan fingerprint density at radius 2 is 1.83 bits per heavy atom. The predicted octanol–water partition coefficient (Wildman–Crippen LogP) is 1.79. The van der Waals surface area contributed by atoms with Gasteiger partial charge in [-0.1, -0.05) is 6.92 Å². The van der Waals surface area contributed by atoms with Gasteiger partial charge in [-0.25, -0.2) is 0 Å². The highest BCUT2D eigenvalue weighted by atomic mass is 15.2. The fourth-order valence-corrected chi connectivity index (χ4v) is 3.47. The molecule has 1 N–H and O–H groups in total. The molecule has 2 unspecified atom stereocenters. The minimum Gasteiger partial charge on any atom is -0.316 e. The predicted molar refractivity (Wildman–Crippen MR) is 78.0 cm³/mol. The fourth-order valence-electron chi connectivity index (χ4n) is 3.47. The van der Waals surface area contributed by atoms with Crippen LogP contribution in [-0.2, 0) is 0 Å². The van der Waals surface area contributed by atoms with Crippen molar-refractivity contribution >= 4 is 0 Å². The van der Waals surface area contributed by atoms with Crippen LogP contribution in [0.15, 0.2) is 0 Å². The highest BCUT2D eigenvalue weighted by molar-refractivity contribution is 4.92. The van der Waals surface area contributed by atoms with Crippen LogP contribution in [0.3, 0.4) is 0 Å². The second-order valence-electron chi connectivity index (χ2n) is 6.34. The minimum atomic E-state index is 0.818. The smallest absolute Gasteiger partial charge is 0.0136 e.